The molecule has 0 aromatic rings. The lowest BCUT2D eigenvalue weighted by molar-refractivity contribution is -0.283. The highest BCUT2D eigenvalue weighted by molar-refractivity contribution is 4.49. The fourth-order valence-corrected chi connectivity index (χ4v) is 0.420. The van der Waals surface area contributed by atoms with Crippen LogP contribution in [0.3, 0.4) is 0 Å². The molecule has 1 heterocycles. The zero-order valence-electron chi connectivity index (χ0n) is 3.60. The van der Waals surface area contributed by atoms with Crippen molar-refractivity contribution >= 4 is 0 Å². The summed E-state index contributed by atoms with van der Waals surface area (Å²) >= 11 is 0. The van der Waals surface area contributed by atoms with E-state index in [4.69, 9.17) is 0 Å². The van der Waals surface area contributed by atoms with Crippen LogP contribution < -0.4 is 0 Å². The minimum absolute atomic E-state index is 0.135. The van der Waals surface area contributed by atoms with Crippen molar-refractivity contribution in [3.05, 3.63) is 0 Å². The third-order valence-electron chi connectivity index (χ3n) is 0.791. The molecule has 1 fully saturated rings. The van der Waals surface area contributed by atoms with Gasteiger partial charge >= 0.3 is 0 Å². The molecule has 0 radical (unpaired) electrons. The minimum atomic E-state index is -1.54. The van der Waals surface area contributed by atoms with Crippen molar-refractivity contribution < 1.29 is 13.7 Å². The number of alkyl halides is 1. The van der Waals surface area contributed by atoms with Crippen molar-refractivity contribution in [3.8, 4) is 0 Å². The molecule has 1 aliphatic heterocycles. The van der Waals surface area contributed by atoms with Crippen molar-refractivity contribution in [1.29, 1.82) is 0 Å². The summed E-state index contributed by atoms with van der Waals surface area (Å²) in [6.07, 6.45) is -1.41. The third kappa shape index (κ3) is 0.863. The fraction of sp³-hybridized carbons (Fsp3) is 1.00. The average molecular weight is 109 g/mol. The summed E-state index contributed by atoms with van der Waals surface area (Å²) in [5.74, 6) is 0. The monoisotopic (exact) mass is 109 g/mol. The molecule has 1 aliphatic rings. The van der Waals surface area contributed by atoms with Gasteiger partial charge < -0.3 is 0 Å². The van der Waals surface area contributed by atoms with E-state index in [0.717, 1.165) is 0 Å². The Morgan fingerprint density at radius 2 is 2.43 bits per heavy atom. The van der Waals surface area contributed by atoms with Crippen molar-refractivity contribution in [1.82, 2.24) is 5.29 Å². The Morgan fingerprint density at radius 3 is 2.57 bits per heavy atom. The molecular formula is C3H5F2NO. The molecule has 0 bridgehead atoms. The highest BCUT2D eigenvalue weighted by Gasteiger charge is 2.24. The molecule has 0 saturated carbocycles. The highest BCUT2D eigenvalue weighted by atomic mass is 19.2. The zero-order chi connectivity index (χ0) is 5.28. The molecule has 0 amide bonds. The van der Waals surface area contributed by atoms with E-state index in [-0.39, 0.29) is 18.3 Å². The normalized spacial score (nSPS) is 34.3. The Bertz CT molecular complexity index is 62.0. The molecule has 0 aromatic carbocycles. The van der Waals surface area contributed by atoms with Gasteiger partial charge in [0.1, 0.15) is 0 Å². The number of nitrogens with zero attached hydrogens (tertiary/aromatic N) is 1. The molecule has 1 rings (SSSR count). The molecule has 1 atom stereocenters. The summed E-state index contributed by atoms with van der Waals surface area (Å²) in [6.45, 7) is 0.150. The highest BCUT2D eigenvalue weighted by Crippen LogP contribution is 2.14. The first-order valence-electron chi connectivity index (χ1n) is 2.02. The van der Waals surface area contributed by atoms with Gasteiger partial charge in [0.05, 0.1) is 6.61 Å². The topological polar surface area (TPSA) is 12.5 Å². The van der Waals surface area contributed by atoms with Crippen molar-refractivity contribution in [2.24, 2.45) is 0 Å². The van der Waals surface area contributed by atoms with Gasteiger partial charge in [-0.1, -0.05) is 0 Å². The van der Waals surface area contributed by atoms with Crippen LogP contribution in [0.25, 0.3) is 0 Å². The number of rotatable bonds is 0. The lowest BCUT2D eigenvalue weighted by Crippen LogP contribution is -2.12. The molecule has 1 unspecified atom stereocenters. The Labute approximate surface area is 39.6 Å². The molecule has 1 saturated heterocycles. The van der Waals surface area contributed by atoms with Crippen LogP contribution in [0.15, 0.2) is 0 Å². The van der Waals surface area contributed by atoms with Gasteiger partial charge in [-0.15, -0.1) is 4.48 Å². The Morgan fingerprint density at radius 1 is 1.71 bits per heavy atom. The smallest absolute Gasteiger partial charge is 0.209 e. The van der Waals surface area contributed by atoms with Crippen LogP contribution >= 0.6 is 0 Å². The van der Waals surface area contributed by atoms with Crippen LogP contribution in [0.2, 0.25) is 0 Å². The lowest BCUT2D eigenvalue weighted by atomic mass is 10.5. The van der Waals surface area contributed by atoms with E-state index in [0.29, 0.717) is 0 Å². The minimum Gasteiger partial charge on any atom is -0.268 e. The van der Waals surface area contributed by atoms with E-state index in [9.17, 15) is 8.87 Å². The van der Waals surface area contributed by atoms with E-state index < -0.39 is 6.30 Å². The summed E-state index contributed by atoms with van der Waals surface area (Å²) < 4.78 is 23.3. The summed E-state index contributed by atoms with van der Waals surface area (Å²) in [7, 11) is 0. The number of halogens is 2. The van der Waals surface area contributed by atoms with E-state index >= 15 is 0 Å². The predicted molar refractivity (Wildman–Crippen MR) is 18.4 cm³/mol. The second kappa shape index (κ2) is 1.71. The standard InChI is InChI=1S/C3H5F2NO/c4-3-1-2-7-6(3)5/h3H,1-2H2. The van der Waals surface area contributed by atoms with Crippen molar-refractivity contribution in [2.45, 2.75) is 12.7 Å². The van der Waals surface area contributed by atoms with E-state index in [1.54, 1.807) is 0 Å². The number of hydrogen-bond donors (Lipinski definition) is 0. The van der Waals surface area contributed by atoms with Crippen LogP contribution in [0.4, 0.5) is 8.87 Å². The molecule has 0 aliphatic carbocycles. The maximum atomic E-state index is 11.7. The second-order valence-electron chi connectivity index (χ2n) is 1.33. The van der Waals surface area contributed by atoms with Crippen molar-refractivity contribution in [2.75, 3.05) is 6.61 Å². The maximum Gasteiger partial charge on any atom is 0.209 e. The first kappa shape index (κ1) is 4.93. The van der Waals surface area contributed by atoms with E-state index in [2.05, 4.69) is 4.84 Å². The van der Waals surface area contributed by atoms with Gasteiger partial charge in [-0.2, -0.15) is 0 Å². The van der Waals surface area contributed by atoms with Crippen LogP contribution in [0, 0.1) is 0 Å². The number of hydrogen-bond acceptors (Lipinski definition) is 2. The first-order chi connectivity index (χ1) is 3.30. The van der Waals surface area contributed by atoms with Crippen molar-refractivity contribution in [3.63, 3.8) is 0 Å². The molecular weight excluding hydrogens is 104 g/mol. The van der Waals surface area contributed by atoms with E-state index in [1.165, 1.54) is 0 Å². The first-order valence-corrected chi connectivity index (χ1v) is 2.02. The van der Waals surface area contributed by atoms with Crippen LogP contribution in [0.5, 0.6) is 0 Å². The molecule has 42 valence electrons. The van der Waals surface area contributed by atoms with Crippen LogP contribution in [-0.4, -0.2) is 18.2 Å². The Balaban J connectivity index is 2.33. The number of hydroxylamine groups is 1. The molecule has 4 heteroatoms. The predicted octanol–water partition coefficient (Wildman–Crippen LogP) is 0.804. The largest absolute Gasteiger partial charge is 0.268 e. The quantitative estimate of drug-likeness (QED) is 0.337. The van der Waals surface area contributed by atoms with Gasteiger partial charge in [0.25, 0.3) is 0 Å². The van der Waals surface area contributed by atoms with Gasteiger partial charge in [-0.25, -0.2) is 4.39 Å². The summed E-state index contributed by atoms with van der Waals surface area (Å²) in [4.78, 5) is 4.06. The van der Waals surface area contributed by atoms with Crippen LogP contribution in [0.1, 0.15) is 6.42 Å². The molecule has 7 heavy (non-hydrogen) atoms. The maximum absolute atomic E-state index is 11.7. The fourth-order valence-electron chi connectivity index (χ4n) is 0.420. The summed E-state index contributed by atoms with van der Waals surface area (Å²) in [5, 5.41) is -0.264. The molecule has 0 spiro atoms. The summed E-state index contributed by atoms with van der Waals surface area (Å²) in [5.41, 5.74) is 0. The SMILES string of the molecule is FC1CCON1F. The lowest BCUT2D eigenvalue weighted by Gasteiger charge is -1.99. The molecule has 2 nitrogen and oxygen atoms in total. The van der Waals surface area contributed by atoms with Gasteiger partial charge in [0.15, 0.2) is 0 Å². The Kier molecular flexibility index (Phi) is 1.21. The zero-order valence-corrected chi connectivity index (χ0v) is 3.60. The summed E-state index contributed by atoms with van der Waals surface area (Å²) in [6, 6.07) is 0. The van der Waals surface area contributed by atoms with Gasteiger partial charge in [0, 0.05) is 11.7 Å². The van der Waals surface area contributed by atoms with Gasteiger partial charge in [-0.3, -0.25) is 4.84 Å². The average Bonchev–Trinajstić information content (AvgIpc) is 1.91. The second-order valence-corrected chi connectivity index (χ2v) is 1.33. The molecule has 0 N–H and O–H groups in total. The van der Waals surface area contributed by atoms with Gasteiger partial charge in [-0.05, 0) is 0 Å². The molecule has 0 aromatic heterocycles. The van der Waals surface area contributed by atoms with Gasteiger partial charge in [0.2, 0.25) is 6.30 Å². The third-order valence-corrected chi connectivity index (χ3v) is 0.791. The van der Waals surface area contributed by atoms with E-state index in [1.807, 2.05) is 0 Å². The van der Waals surface area contributed by atoms with Crippen LogP contribution in [-0.2, 0) is 4.84 Å². The Hall–Kier alpha value is -0.220.